The van der Waals surface area contributed by atoms with E-state index in [-0.39, 0.29) is 17.4 Å². The molecule has 112 valence electrons. The Labute approximate surface area is 115 Å². The van der Waals surface area contributed by atoms with E-state index in [0.717, 1.165) is 12.8 Å². The smallest absolute Gasteiger partial charge is 0.276 e. The summed E-state index contributed by atoms with van der Waals surface area (Å²) in [5.41, 5.74) is -0.205. The van der Waals surface area contributed by atoms with Crippen molar-refractivity contribution in [2.24, 2.45) is 11.1 Å². The maximum Gasteiger partial charge on any atom is 0.276 e. The standard InChI is InChI=1S/C12H25N3O3S/c1-4-7-12(2,3)14-11(16)10-5-8-15(9-6-10)19(13,17)18/h10H,4-9H2,1-3H3,(H,14,16)(H2,13,17,18). The van der Waals surface area contributed by atoms with Crippen molar-refractivity contribution in [3.8, 4) is 0 Å². The minimum absolute atomic E-state index is 0.0209. The first-order valence-electron chi connectivity index (χ1n) is 6.75. The predicted molar refractivity (Wildman–Crippen MR) is 74.5 cm³/mol. The number of rotatable bonds is 5. The summed E-state index contributed by atoms with van der Waals surface area (Å²) in [7, 11) is -3.62. The van der Waals surface area contributed by atoms with Gasteiger partial charge in [-0.3, -0.25) is 4.79 Å². The number of hydrogen-bond acceptors (Lipinski definition) is 3. The monoisotopic (exact) mass is 291 g/mol. The van der Waals surface area contributed by atoms with Crippen LogP contribution in [0.5, 0.6) is 0 Å². The van der Waals surface area contributed by atoms with E-state index in [9.17, 15) is 13.2 Å². The number of nitrogens with one attached hydrogen (secondary N) is 1. The topological polar surface area (TPSA) is 92.5 Å². The molecule has 0 spiro atoms. The van der Waals surface area contributed by atoms with Crippen LogP contribution in [0, 0.1) is 5.92 Å². The Bertz CT molecular complexity index is 412. The maximum absolute atomic E-state index is 12.1. The highest BCUT2D eigenvalue weighted by molar-refractivity contribution is 7.86. The van der Waals surface area contributed by atoms with Gasteiger partial charge in [0.1, 0.15) is 0 Å². The summed E-state index contributed by atoms with van der Waals surface area (Å²) in [6, 6.07) is 0. The first-order chi connectivity index (χ1) is 8.65. The first kappa shape index (κ1) is 16.4. The number of hydrogen-bond donors (Lipinski definition) is 2. The summed E-state index contributed by atoms with van der Waals surface area (Å²) < 4.78 is 23.6. The summed E-state index contributed by atoms with van der Waals surface area (Å²) >= 11 is 0. The van der Waals surface area contributed by atoms with E-state index in [0.29, 0.717) is 25.9 Å². The normalized spacial score (nSPS) is 19.4. The number of carbonyl (C=O) groups is 1. The van der Waals surface area contributed by atoms with Crippen molar-refractivity contribution in [1.29, 1.82) is 0 Å². The van der Waals surface area contributed by atoms with Crippen LogP contribution in [-0.2, 0) is 15.0 Å². The molecule has 19 heavy (non-hydrogen) atoms. The van der Waals surface area contributed by atoms with Crippen molar-refractivity contribution < 1.29 is 13.2 Å². The third kappa shape index (κ3) is 5.08. The maximum atomic E-state index is 12.1. The molecule has 0 unspecified atom stereocenters. The third-order valence-corrected chi connectivity index (χ3v) is 4.61. The lowest BCUT2D eigenvalue weighted by atomic mass is 9.93. The summed E-state index contributed by atoms with van der Waals surface area (Å²) in [6.45, 7) is 6.75. The average Bonchev–Trinajstić information content (AvgIpc) is 2.27. The van der Waals surface area contributed by atoms with E-state index in [1.54, 1.807) is 0 Å². The average molecular weight is 291 g/mol. The highest BCUT2D eigenvalue weighted by Gasteiger charge is 2.31. The number of amides is 1. The summed E-state index contributed by atoms with van der Waals surface area (Å²) in [5.74, 6) is -0.0957. The lowest BCUT2D eigenvalue weighted by molar-refractivity contribution is -0.127. The largest absolute Gasteiger partial charge is 0.351 e. The Hall–Kier alpha value is -0.660. The molecule has 0 saturated carbocycles. The fourth-order valence-corrected chi connectivity index (χ4v) is 3.22. The fourth-order valence-electron chi connectivity index (χ4n) is 2.50. The van der Waals surface area contributed by atoms with Gasteiger partial charge in [-0.05, 0) is 33.1 Å². The molecule has 1 fully saturated rings. The van der Waals surface area contributed by atoms with Gasteiger partial charge >= 0.3 is 0 Å². The van der Waals surface area contributed by atoms with E-state index in [1.807, 2.05) is 13.8 Å². The van der Waals surface area contributed by atoms with Crippen molar-refractivity contribution in [1.82, 2.24) is 9.62 Å². The van der Waals surface area contributed by atoms with Gasteiger partial charge < -0.3 is 5.32 Å². The van der Waals surface area contributed by atoms with Gasteiger partial charge in [0, 0.05) is 24.5 Å². The minimum atomic E-state index is -3.62. The fraction of sp³-hybridized carbons (Fsp3) is 0.917. The molecular weight excluding hydrogens is 266 g/mol. The lowest BCUT2D eigenvalue weighted by Crippen LogP contribution is -2.49. The molecule has 1 heterocycles. The van der Waals surface area contributed by atoms with Gasteiger partial charge in [0.15, 0.2) is 0 Å². The highest BCUT2D eigenvalue weighted by Crippen LogP contribution is 2.20. The van der Waals surface area contributed by atoms with E-state index in [4.69, 9.17) is 5.14 Å². The van der Waals surface area contributed by atoms with E-state index < -0.39 is 10.2 Å². The van der Waals surface area contributed by atoms with Crippen molar-refractivity contribution in [3.63, 3.8) is 0 Å². The van der Waals surface area contributed by atoms with E-state index in [1.165, 1.54) is 4.31 Å². The lowest BCUT2D eigenvalue weighted by Gasteiger charge is -2.32. The zero-order valence-electron chi connectivity index (χ0n) is 12.0. The van der Waals surface area contributed by atoms with Gasteiger partial charge in [-0.1, -0.05) is 13.3 Å². The molecule has 1 rings (SSSR count). The SMILES string of the molecule is CCCC(C)(C)NC(=O)C1CCN(S(N)(=O)=O)CC1. The zero-order valence-corrected chi connectivity index (χ0v) is 12.8. The van der Waals surface area contributed by atoms with Gasteiger partial charge in [0.25, 0.3) is 10.2 Å². The molecule has 0 radical (unpaired) electrons. The van der Waals surface area contributed by atoms with Crippen LogP contribution in [0.1, 0.15) is 46.5 Å². The molecule has 1 saturated heterocycles. The van der Waals surface area contributed by atoms with Crippen LogP contribution in [0.3, 0.4) is 0 Å². The summed E-state index contributed by atoms with van der Waals surface area (Å²) in [6.07, 6.45) is 3.00. The molecule has 1 amide bonds. The molecule has 6 nitrogen and oxygen atoms in total. The van der Waals surface area contributed by atoms with Crippen LogP contribution < -0.4 is 10.5 Å². The Morgan fingerprint density at radius 1 is 1.37 bits per heavy atom. The van der Waals surface area contributed by atoms with E-state index >= 15 is 0 Å². The molecule has 3 N–H and O–H groups in total. The second-order valence-corrected chi connectivity index (χ2v) is 7.39. The van der Waals surface area contributed by atoms with Gasteiger partial charge in [0.2, 0.25) is 5.91 Å². The van der Waals surface area contributed by atoms with E-state index in [2.05, 4.69) is 12.2 Å². The Kier molecular flexibility index (Phi) is 5.34. The Balaban J connectivity index is 2.50. The first-order valence-corrected chi connectivity index (χ1v) is 8.26. The van der Waals surface area contributed by atoms with Crippen LogP contribution in [0.2, 0.25) is 0 Å². The number of nitrogens with two attached hydrogens (primary N) is 1. The van der Waals surface area contributed by atoms with Crippen LogP contribution in [0.25, 0.3) is 0 Å². The van der Waals surface area contributed by atoms with Gasteiger partial charge in [-0.2, -0.15) is 12.7 Å². The molecular formula is C12H25N3O3S. The zero-order chi connectivity index (χ0) is 14.7. The van der Waals surface area contributed by atoms with Crippen LogP contribution in [0.15, 0.2) is 0 Å². The van der Waals surface area contributed by atoms with Gasteiger partial charge in [-0.15, -0.1) is 0 Å². The highest BCUT2D eigenvalue weighted by atomic mass is 32.2. The predicted octanol–water partition coefficient (Wildman–Crippen LogP) is 0.597. The number of piperidine rings is 1. The molecule has 0 bridgehead atoms. The van der Waals surface area contributed by atoms with Crippen LogP contribution >= 0.6 is 0 Å². The van der Waals surface area contributed by atoms with Crippen molar-refractivity contribution in [3.05, 3.63) is 0 Å². The molecule has 0 aliphatic carbocycles. The second kappa shape index (κ2) is 6.19. The number of carbonyl (C=O) groups excluding carboxylic acids is 1. The van der Waals surface area contributed by atoms with Crippen molar-refractivity contribution in [2.45, 2.75) is 52.0 Å². The molecule has 0 aromatic carbocycles. The summed E-state index contributed by atoms with van der Waals surface area (Å²) in [5, 5.41) is 8.11. The molecule has 1 aliphatic heterocycles. The van der Waals surface area contributed by atoms with Gasteiger partial charge in [-0.25, -0.2) is 5.14 Å². The molecule has 0 atom stereocenters. The Morgan fingerprint density at radius 2 is 1.89 bits per heavy atom. The molecule has 1 aliphatic rings. The minimum Gasteiger partial charge on any atom is -0.351 e. The third-order valence-electron chi connectivity index (χ3n) is 3.52. The van der Waals surface area contributed by atoms with Crippen LogP contribution in [0.4, 0.5) is 0 Å². The summed E-state index contributed by atoms with van der Waals surface area (Å²) in [4.78, 5) is 12.1. The van der Waals surface area contributed by atoms with Crippen LogP contribution in [-0.4, -0.2) is 37.3 Å². The van der Waals surface area contributed by atoms with Crippen molar-refractivity contribution >= 4 is 16.1 Å². The van der Waals surface area contributed by atoms with Crippen molar-refractivity contribution in [2.75, 3.05) is 13.1 Å². The molecule has 0 aromatic heterocycles. The quantitative estimate of drug-likeness (QED) is 0.776. The molecule has 0 aromatic rings. The van der Waals surface area contributed by atoms with Gasteiger partial charge in [0.05, 0.1) is 0 Å². The second-order valence-electron chi connectivity index (χ2n) is 5.84. The Morgan fingerprint density at radius 3 is 2.32 bits per heavy atom. The molecule has 7 heteroatoms. The number of nitrogens with zero attached hydrogens (tertiary/aromatic N) is 1.